The zero-order chi connectivity index (χ0) is 6.41. The van der Waals surface area contributed by atoms with Gasteiger partial charge in [0.05, 0.1) is 7.11 Å². The van der Waals surface area contributed by atoms with Crippen molar-refractivity contribution in [1.29, 1.82) is 0 Å². The number of methoxy groups -OCH3 is 1. The van der Waals surface area contributed by atoms with E-state index in [1.165, 1.54) is 7.11 Å². The third kappa shape index (κ3) is 3.65. The third-order valence-corrected chi connectivity index (χ3v) is 0.813. The maximum absolute atomic E-state index is 10.3. The predicted molar refractivity (Wildman–Crippen MR) is 30.2 cm³/mol. The Hall–Kier alpha value is -0.530. The van der Waals surface area contributed by atoms with Gasteiger partial charge in [0.25, 0.3) is 0 Å². The predicted octanol–water partition coefficient (Wildman–Crippen LogP) is 1.04. The van der Waals surface area contributed by atoms with Crippen LogP contribution in [0.3, 0.4) is 0 Å². The van der Waals surface area contributed by atoms with Crippen molar-refractivity contribution in [2.24, 2.45) is 0 Å². The number of unbranched alkanes of at least 4 members (excludes halogenated alkanes) is 1. The molecule has 46 valence electrons. The van der Waals surface area contributed by atoms with Crippen LogP contribution in [0.4, 0.5) is 0 Å². The van der Waals surface area contributed by atoms with Crippen molar-refractivity contribution in [2.75, 3.05) is 7.11 Å². The molecule has 8 heavy (non-hydrogen) atoms. The summed E-state index contributed by atoms with van der Waals surface area (Å²) in [7, 11) is 1.37. The van der Waals surface area contributed by atoms with E-state index in [0.29, 0.717) is 19.3 Å². The molecule has 0 spiro atoms. The molecule has 0 heterocycles. The highest BCUT2D eigenvalue weighted by atomic mass is 16.5. The van der Waals surface area contributed by atoms with Gasteiger partial charge < -0.3 is 4.74 Å². The topological polar surface area (TPSA) is 26.3 Å². The number of carbonyl (C=O) groups excluding carboxylic acids is 1. The van der Waals surface area contributed by atoms with Gasteiger partial charge in [0.2, 0.25) is 0 Å². The first-order chi connectivity index (χ1) is 3.81. The maximum atomic E-state index is 10.3. The average Bonchev–Trinajstić information content (AvgIpc) is 1.83. The summed E-state index contributed by atoms with van der Waals surface area (Å²) in [5, 5.41) is 0. The minimum Gasteiger partial charge on any atom is -0.469 e. The van der Waals surface area contributed by atoms with Gasteiger partial charge in [-0.05, 0) is 19.8 Å². The molecular formula is C6H10O2. The van der Waals surface area contributed by atoms with Gasteiger partial charge in [-0.3, -0.25) is 4.79 Å². The molecule has 0 aliphatic carbocycles. The minimum atomic E-state index is -0.185. The van der Waals surface area contributed by atoms with Gasteiger partial charge in [0, 0.05) is 6.42 Å². The first-order valence-electron chi connectivity index (χ1n) is 2.58. The Kier molecular flexibility index (Phi) is 4.32. The Balaban J connectivity index is 2.99. The summed E-state index contributed by atoms with van der Waals surface area (Å²) in [4.78, 5) is 10.3. The Morgan fingerprint density at radius 1 is 1.75 bits per heavy atom. The second-order valence-electron chi connectivity index (χ2n) is 1.47. The molecule has 0 aliphatic heterocycles. The van der Waals surface area contributed by atoms with Gasteiger partial charge >= 0.3 is 5.97 Å². The van der Waals surface area contributed by atoms with Crippen LogP contribution in [0.1, 0.15) is 19.3 Å². The lowest BCUT2D eigenvalue weighted by Gasteiger charge is -1.93. The summed E-state index contributed by atoms with van der Waals surface area (Å²) in [6, 6.07) is 0. The molecule has 0 aromatic rings. The smallest absolute Gasteiger partial charge is 0.305 e. The fraction of sp³-hybridized carbons (Fsp3) is 0.667. The van der Waals surface area contributed by atoms with Gasteiger partial charge in [-0.15, -0.1) is 0 Å². The fourth-order valence-corrected chi connectivity index (χ4v) is 0.348. The molecule has 2 radical (unpaired) electrons. The number of hydrogen-bond donors (Lipinski definition) is 0. The van der Waals surface area contributed by atoms with Crippen molar-refractivity contribution in [3.63, 3.8) is 0 Å². The quantitative estimate of drug-likeness (QED) is 0.512. The molecule has 0 unspecified atom stereocenters. The number of esters is 1. The number of rotatable bonds is 3. The Bertz CT molecular complexity index is 68.9. The van der Waals surface area contributed by atoms with E-state index < -0.39 is 0 Å². The first-order valence-corrected chi connectivity index (χ1v) is 2.58. The fourth-order valence-electron chi connectivity index (χ4n) is 0.348. The van der Waals surface area contributed by atoms with Crippen LogP contribution in [0, 0.1) is 6.92 Å². The lowest BCUT2D eigenvalue weighted by molar-refractivity contribution is -0.140. The van der Waals surface area contributed by atoms with E-state index in [0.717, 1.165) is 0 Å². The van der Waals surface area contributed by atoms with Crippen LogP contribution in [0.5, 0.6) is 0 Å². The van der Waals surface area contributed by atoms with Crippen molar-refractivity contribution < 1.29 is 9.53 Å². The highest BCUT2D eigenvalue weighted by Gasteiger charge is 1.95. The van der Waals surface area contributed by atoms with E-state index in [9.17, 15) is 4.79 Å². The molecule has 0 fully saturated rings. The molecule has 0 rings (SSSR count). The first kappa shape index (κ1) is 7.47. The molecule has 2 heteroatoms. The molecule has 2 nitrogen and oxygen atoms in total. The monoisotopic (exact) mass is 114 g/mol. The lowest BCUT2D eigenvalue weighted by Crippen LogP contribution is -1.98. The van der Waals surface area contributed by atoms with E-state index in [4.69, 9.17) is 6.92 Å². The molecule has 0 aliphatic rings. The van der Waals surface area contributed by atoms with Crippen LogP contribution in [0.2, 0.25) is 0 Å². The van der Waals surface area contributed by atoms with Crippen molar-refractivity contribution in [1.82, 2.24) is 0 Å². The van der Waals surface area contributed by atoms with E-state index in [1.807, 2.05) is 0 Å². The Labute approximate surface area is 49.8 Å². The van der Waals surface area contributed by atoms with E-state index >= 15 is 0 Å². The number of carbonyl (C=O) groups is 1. The minimum absolute atomic E-state index is 0.185. The van der Waals surface area contributed by atoms with Crippen LogP contribution in [-0.2, 0) is 9.53 Å². The molecule has 0 saturated heterocycles. The summed E-state index contributed by atoms with van der Waals surface area (Å²) >= 11 is 0. The number of ether oxygens (including phenoxy) is 1. The highest BCUT2D eigenvalue weighted by molar-refractivity contribution is 5.68. The largest absolute Gasteiger partial charge is 0.469 e. The average molecular weight is 114 g/mol. The molecular weight excluding hydrogens is 104 g/mol. The second kappa shape index (κ2) is 4.62. The molecule has 0 bridgehead atoms. The SMILES string of the molecule is [CH]CCCC(=O)OC. The van der Waals surface area contributed by atoms with E-state index in [-0.39, 0.29) is 5.97 Å². The van der Waals surface area contributed by atoms with Crippen LogP contribution in [-0.4, -0.2) is 13.1 Å². The normalized spacial score (nSPS) is 8.75. The van der Waals surface area contributed by atoms with Gasteiger partial charge in [-0.2, -0.15) is 0 Å². The van der Waals surface area contributed by atoms with Crippen LogP contribution in [0.25, 0.3) is 0 Å². The molecule has 0 aromatic heterocycles. The van der Waals surface area contributed by atoms with Gasteiger partial charge in [-0.1, -0.05) is 0 Å². The van der Waals surface area contributed by atoms with Crippen LogP contribution in [0.15, 0.2) is 0 Å². The summed E-state index contributed by atoms with van der Waals surface area (Å²) in [5.41, 5.74) is 0. The summed E-state index contributed by atoms with van der Waals surface area (Å²) in [5.74, 6) is -0.185. The van der Waals surface area contributed by atoms with Crippen molar-refractivity contribution in [3.05, 3.63) is 6.92 Å². The standard InChI is InChI=1S/C6H10O2/c1-3-4-5-6(7)8-2/h1H,3-5H2,2H3. The summed E-state index contributed by atoms with van der Waals surface area (Å²) < 4.78 is 4.36. The van der Waals surface area contributed by atoms with Crippen molar-refractivity contribution in [2.45, 2.75) is 19.3 Å². The Morgan fingerprint density at radius 3 is 2.75 bits per heavy atom. The van der Waals surface area contributed by atoms with Crippen molar-refractivity contribution >= 4 is 5.97 Å². The lowest BCUT2D eigenvalue weighted by atomic mass is 10.3. The van der Waals surface area contributed by atoms with Crippen molar-refractivity contribution in [3.8, 4) is 0 Å². The van der Waals surface area contributed by atoms with Gasteiger partial charge in [-0.25, -0.2) is 0 Å². The summed E-state index contributed by atoms with van der Waals surface area (Å²) in [6.07, 6.45) is 1.70. The zero-order valence-corrected chi connectivity index (χ0v) is 5.02. The zero-order valence-electron chi connectivity index (χ0n) is 5.02. The second-order valence-corrected chi connectivity index (χ2v) is 1.47. The molecule has 0 atom stereocenters. The summed E-state index contributed by atoms with van der Waals surface area (Å²) in [6.45, 7) is 5.12. The maximum Gasteiger partial charge on any atom is 0.305 e. The van der Waals surface area contributed by atoms with E-state index in [1.54, 1.807) is 0 Å². The van der Waals surface area contributed by atoms with Crippen LogP contribution >= 0.6 is 0 Å². The van der Waals surface area contributed by atoms with E-state index in [2.05, 4.69) is 4.74 Å². The Morgan fingerprint density at radius 2 is 2.38 bits per heavy atom. The molecule has 0 aromatic carbocycles. The molecule has 0 saturated carbocycles. The molecule has 0 amide bonds. The van der Waals surface area contributed by atoms with Gasteiger partial charge in [0.1, 0.15) is 0 Å². The molecule has 0 N–H and O–H groups in total. The highest BCUT2D eigenvalue weighted by Crippen LogP contribution is 1.93. The third-order valence-electron chi connectivity index (χ3n) is 0.813. The van der Waals surface area contributed by atoms with Gasteiger partial charge in [0.15, 0.2) is 0 Å². The number of hydrogen-bond acceptors (Lipinski definition) is 2. The van der Waals surface area contributed by atoms with Crippen LogP contribution < -0.4 is 0 Å².